The van der Waals surface area contributed by atoms with Gasteiger partial charge < -0.3 is 33.9 Å². The highest BCUT2D eigenvalue weighted by Crippen LogP contribution is 2.44. The number of carbonyl (C=O) groups is 2. The number of aromatic carboxylic acids is 1. The molecule has 11 nitrogen and oxygen atoms in total. The van der Waals surface area contributed by atoms with E-state index in [-0.39, 0.29) is 73.5 Å². The number of pyridine rings is 1. The summed E-state index contributed by atoms with van der Waals surface area (Å²) in [5, 5.41) is 20.6. The number of amides is 1. The molecule has 2 atom stereocenters. The molecule has 3 aromatic rings. The minimum atomic E-state index is -1.47. The first-order valence-corrected chi connectivity index (χ1v) is 12.7. The fraction of sp³-hybridized carbons (Fsp3) is 0.370. The van der Waals surface area contributed by atoms with Crippen LogP contribution >= 0.6 is 0 Å². The van der Waals surface area contributed by atoms with E-state index in [4.69, 9.17) is 14.2 Å². The second kappa shape index (κ2) is 9.37. The molecule has 3 aliphatic rings. The summed E-state index contributed by atoms with van der Waals surface area (Å²) in [6.45, 7) is 2.28. The van der Waals surface area contributed by atoms with Crippen molar-refractivity contribution in [1.29, 1.82) is 0 Å². The molecule has 3 aliphatic heterocycles. The number of β-amino-alcohol motifs (C(OH)–C–C–N with tert-alkyl or cyclic N) is 1. The minimum Gasteiger partial charge on any atom is -0.487 e. The van der Waals surface area contributed by atoms with Gasteiger partial charge >= 0.3 is 12.1 Å². The molecule has 0 saturated carbocycles. The van der Waals surface area contributed by atoms with Gasteiger partial charge in [-0.05, 0) is 31.5 Å². The SMILES string of the molecule is CC1COc2c(N3CCC(O)(COc4ccc(N5CCOC5=O)cc4F)C3)c(F)cc3c(=O)c(C(=O)O)cn1c23. The van der Waals surface area contributed by atoms with Crippen molar-refractivity contribution in [1.82, 2.24) is 4.57 Å². The molecule has 2 aromatic carbocycles. The van der Waals surface area contributed by atoms with Crippen molar-refractivity contribution in [3.63, 3.8) is 0 Å². The van der Waals surface area contributed by atoms with E-state index in [2.05, 4.69) is 0 Å². The van der Waals surface area contributed by atoms with Crippen LogP contribution < -0.4 is 24.7 Å². The molecule has 13 heteroatoms. The van der Waals surface area contributed by atoms with Crippen molar-refractivity contribution in [3.05, 3.63) is 57.9 Å². The van der Waals surface area contributed by atoms with Gasteiger partial charge in [-0.25, -0.2) is 18.4 Å². The van der Waals surface area contributed by atoms with Gasteiger partial charge in [-0.15, -0.1) is 0 Å². The number of nitrogens with zero attached hydrogens (tertiary/aromatic N) is 3. The first-order chi connectivity index (χ1) is 19.1. The van der Waals surface area contributed by atoms with E-state index in [0.717, 1.165) is 12.1 Å². The predicted octanol–water partition coefficient (Wildman–Crippen LogP) is 2.91. The van der Waals surface area contributed by atoms with E-state index in [9.17, 15) is 29.0 Å². The van der Waals surface area contributed by atoms with Crippen molar-refractivity contribution >= 4 is 34.3 Å². The largest absolute Gasteiger partial charge is 0.487 e. The standard InChI is InChI=1S/C27H25F2N3O8/c1-14-11-39-24-21-16(23(33)17(25(34)35)10-32(14)21)9-19(29)22(24)30-5-4-27(37,12-30)13-40-20-3-2-15(8-18(20)28)31-6-7-38-26(31)36/h2-3,8-10,14,37H,4-7,11-13H2,1H3,(H,34,35). The van der Waals surface area contributed by atoms with E-state index < -0.39 is 40.3 Å². The summed E-state index contributed by atoms with van der Waals surface area (Å²) in [7, 11) is 0. The summed E-state index contributed by atoms with van der Waals surface area (Å²) < 4.78 is 48.2. The van der Waals surface area contributed by atoms with Crippen molar-refractivity contribution in [3.8, 4) is 11.5 Å². The predicted molar refractivity (Wildman–Crippen MR) is 138 cm³/mol. The Morgan fingerprint density at radius 3 is 2.67 bits per heavy atom. The van der Waals surface area contributed by atoms with Gasteiger partial charge in [-0.2, -0.15) is 0 Å². The number of aliphatic hydroxyl groups is 1. The number of carboxylic acid groups (broad SMARTS) is 1. The van der Waals surface area contributed by atoms with Crippen molar-refractivity contribution < 1.29 is 42.8 Å². The number of hydrogen-bond acceptors (Lipinski definition) is 8. The summed E-state index contributed by atoms with van der Waals surface area (Å²) in [5.41, 5.74) is -2.10. The number of ether oxygens (including phenoxy) is 3. The summed E-state index contributed by atoms with van der Waals surface area (Å²) in [6.07, 6.45) is 0.849. The molecule has 1 amide bonds. The maximum absolute atomic E-state index is 15.5. The number of hydrogen-bond donors (Lipinski definition) is 2. The summed E-state index contributed by atoms with van der Waals surface area (Å²) >= 11 is 0. The molecule has 210 valence electrons. The first kappa shape index (κ1) is 25.9. The van der Waals surface area contributed by atoms with E-state index in [1.165, 1.54) is 23.2 Å². The maximum Gasteiger partial charge on any atom is 0.414 e. The van der Waals surface area contributed by atoms with Gasteiger partial charge in [0.15, 0.2) is 23.1 Å². The summed E-state index contributed by atoms with van der Waals surface area (Å²) in [5.74, 6) is -2.95. The van der Waals surface area contributed by atoms with Crippen molar-refractivity contribution in [2.45, 2.75) is 25.0 Å². The van der Waals surface area contributed by atoms with Crippen LogP contribution in [0.5, 0.6) is 11.5 Å². The topological polar surface area (TPSA) is 131 Å². The summed E-state index contributed by atoms with van der Waals surface area (Å²) in [4.78, 5) is 39.0. The molecular formula is C27H25F2N3O8. The third-order valence-electron chi connectivity index (χ3n) is 7.51. The molecule has 2 fully saturated rings. The van der Waals surface area contributed by atoms with Gasteiger partial charge in [0.2, 0.25) is 5.43 Å². The van der Waals surface area contributed by atoms with Gasteiger partial charge in [-0.1, -0.05) is 0 Å². The summed E-state index contributed by atoms with van der Waals surface area (Å²) in [6, 6.07) is 4.71. The average Bonchev–Trinajstić information content (AvgIpc) is 3.51. The van der Waals surface area contributed by atoms with Gasteiger partial charge in [0.05, 0.1) is 35.7 Å². The van der Waals surface area contributed by atoms with Crippen molar-refractivity contribution in [2.24, 2.45) is 0 Å². The van der Waals surface area contributed by atoms with Crippen molar-refractivity contribution in [2.75, 3.05) is 49.3 Å². The number of carboxylic acids is 1. The maximum atomic E-state index is 15.5. The highest BCUT2D eigenvalue weighted by Gasteiger charge is 2.40. The van der Waals surface area contributed by atoms with Gasteiger partial charge in [0.25, 0.3) is 0 Å². The number of cyclic esters (lactones) is 1. The first-order valence-electron chi connectivity index (χ1n) is 12.7. The molecular weight excluding hydrogens is 532 g/mol. The van der Waals surface area contributed by atoms with E-state index >= 15 is 4.39 Å². The molecule has 2 N–H and O–H groups in total. The molecule has 2 unspecified atom stereocenters. The quantitative estimate of drug-likeness (QED) is 0.470. The second-order valence-corrected chi connectivity index (χ2v) is 10.2. The highest BCUT2D eigenvalue weighted by molar-refractivity contribution is 5.97. The molecule has 6 rings (SSSR count). The van der Waals surface area contributed by atoms with Crippen LogP contribution in [0.4, 0.5) is 25.0 Å². The Labute approximate surface area is 225 Å². The number of rotatable bonds is 6. The number of aromatic nitrogens is 1. The molecule has 2 saturated heterocycles. The molecule has 0 spiro atoms. The van der Waals surface area contributed by atoms with Crippen LogP contribution in [0.2, 0.25) is 0 Å². The lowest BCUT2D eigenvalue weighted by Crippen LogP contribution is -2.39. The normalized spacial score (nSPS) is 22.0. The number of benzene rings is 2. The molecule has 40 heavy (non-hydrogen) atoms. The van der Waals surface area contributed by atoms with Crippen LogP contribution in [-0.2, 0) is 4.74 Å². The molecule has 4 heterocycles. The Kier molecular flexibility index (Phi) is 6.06. The van der Waals surface area contributed by atoms with Crippen LogP contribution in [0.15, 0.2) is 35.3 Å². The van der Waals surface area contributed by atoms with Crippen LogP contribution in [0.1, 0.15) is 29.7 Å². The van der Waals surface area contributed by atoms with Crippen LogP contribution in [-0.4, -0.2) is 71.9 Å². The van der Waals surface area contributed by atoms with Gasteiger partial charge in [0.1, 0.15) is 36.7 Å². The monoisotopic (exact) mass is 557 g/mol. The number of carbonyl (C=O) groups excluding carboxylic acids is 1. The van der Waals surface area contributed by atoms with E-state index in [1.54, 1.807) is 16.4 Å². The third-order valence-corrected chi connectivity index (χ3v) is 7.51. The zero-order valence-electron chi connectivity index (χ0n) is 21.4. The Morgan fingerprint density at radius 1 is 1.18 bits per heavy atom. The lowest BCUT2D eigenvalue weighted by atomic mass is 10.0. The smallest absolute Gasteiger partial charge is 0.414 e. The van der Waals surface area contributed by atoms with Crippen LogP contribution in [0.25, 0.3) is 10.9 Å². The Morgan fingerprint density at radius 2 is 1.98 bits per heavy atom. The molecule has 0 bridgehead atoms. The Bertz CT molecular complexity index is 1630. The van der Waals surface area contributed by atoms with Crippen LogP contribution in [0, 0.1) is 11.6 Å². The number of halogens is 2. The lowest BCUT2D eigenvalue weighted by Gasteiger charge is -2.31. The number of anilines is 2. The Hall–Kier alpha value is -4.39. The fourth-order valence-corrected chi connectivity index (χ4v) is 5.44. The average molecular weight is 558 g/mol. The molecule has 0 aliphatic carbocycles. The van der Waals surface area contributed by atoms with E-state index in [1.807, 2.05) is 0 Å². The fourth-order valence-electron chi connectivity index (χ4n) is 5.44. The molecule has 0 radical (unpaired) electrons. The van der Waals surface area contributed by atoms with Gasteiger partial charge in [0, 0.05) is 18.8 Å². The van der Waals surface area contributed by atoms with E-state index in [0.29, 0.717) is 12.2 Å². The third kappa shape index (κ3) is 4.17. The second-order valence-electron chi connectivity index (χ2n) is 10.2. The highest BCUT2D eigenvalue weighted by atomic mass is 19.1. The van der Waals surface area contributed by atoms with Crippen LogP contribution in [0.3, 0.4) is 0 Å². The lowest BCUT2D eigenvalue weighted by molar-refractivity contribution is 0.0133. The zero-order chi connectivity index (χ0) is 28.3. The minimum absolute atomic E-state index is 0.0413. The molecule has 1 aromatic heterocycles. The zero-order valence-corrected chi connectivity index (χ0v) is 21.4. The Balaban J connectivity index is 1.26. The van der Waals surface area contributed by atoms with Gasteiger partial charge in [-0.3, -0.25) is 9.69 Å².